The van der Waals surface area contributed by atoms with Crippen molar-refractivity contribution in [2.24, 2.45) is 5.92 Å². The van der Waals surface area contributed by atoms with E-state index >= 15 is 0 Å². The number of halogens is 1. The number of carbonyl (C=O) groups is 1. The maximum atomic E-state index is 11.4. The zero-order chi connectivity index (χ0) is 13.1. The maximum absolute atomic E-state index is 11.4. The lowest BCUT2D eigenvalue weighted by molar-refractivity contribution is 0.129. The van der Waals surface area contributed by atoms with Crippen LogP contribution < -0.4 is 0 Å². The van der Waals surface area contributed by atoms with E-state index in [9.17, 15) is 9.90 Å². The molecule has 2 N–H and O–H groups in total. The molecule has 6 heteroatoms. The summed E-state index contributed by atoms with van der Waals surface area (Å²) in [6.45, 7) is 0. The van der Waals surface area contributed by atoms with E-state index in [0.29, 0.717) is 5.92 Å². The molecular weight excluding hydrogens is 310 g/mol. The summed E-state index contributed by atoms with van der Waals surface area (Å²) >= 11 is 3.42. The Balaban J connectivity index is 1.75. The van der Waals surface area contributed by atoms with Gasteiger partial charge in [0.2, 0.25) is 0 Å². The highest BCUT2D eigenvalue weighted by molar-refractivity contribution is 9.10. The van der Waals surface area contributed by atoms with E-state index in [-0.39, 0.29) is 12.1 Å². The van der Waals surface area contributed by atoms with Crippen LogP contribution in [0.5, 0.6) is 0 Å². The van der Waals surface area contributed by atoms with Crippen LogP contribution in [-0.2, 0) is 0 Å². The highest BCUT2D eigenvalue weighted by atomic mass is 79.9. The summed E-state index contributed by atoms with van der Waals surface area (Å²) in [5.74, 6) is 1.30. The number of fused-ring (bicyclic) bond motifs is 2. The fourth-order valence-corrected chi connectivity index (χ4v) is 3.50. The van der Waals surface area contributed by atoms with Crippen molar-refractivity contribution in [2.45, 2.75) is 24.9 Å². The number of likely N-dealkylation sites (tertiary alicyclic amines) is 1. The second-order valence-electron chi connectivity index (χ2n) is 5.29. The minimum atomic E-state index is -0.836. The average molecular weight is 322 g/mol. The van der Waals surface area contributed by atoms with Crippen molar-refractivity contribution in [3.63, 3.8) is 0 Å². The third-order valence-corrected chi connectivity index (χ3v) is 4.60. The van der Waals surface area contributed by atoms with Crippen molar-refractivity contribution in [1.29, 1.82) is 0 Å². The van der Waals surface area contributed by atoms with Gasteiger partial charge in [0.25, 0.3) is 0 Å². The van der Waals surface area contributed by atoms with Gasteiger partial charge in [0.1, 0.15) is 5.82 Å². The lowest BCUT2D eigenvalue weighted by Crippen LogP contribution is -2.32. The number of aromatic amines is 1. The summed E-state index contributed by atoms with van der Waals surface area (Å²) in [6.07, 6.45) is 1.06. The van der Waals surface area contributed by atoms with Crippen molar-refractivity contribution in [3.05, 3.63) is 28.5 Å². The number of hydrogen-bond donors (Lipinski definition) is 2. The number of benzene rings is 1. The standard InChI is InChI=1S/C13H12BrN3O2/c14-7-1-2-8-9(5-7)16-12(15-8)11-4-6-3-10(6)17(11)13(18)19/h1-2,5-6,10-11H,3-4H2,(H,15,16)(H,18,19). The number of imidazole rings is 1. The van der Waals surface area contributed by atoms with Gasteiger partial charge in [-0.1, -0.05) is 15.9 Å². The number of rotatable bonds is 1. The predicted molar refractivity (Wildman–Crippen MR) is 72.9 cm³/mol. The first kappa shape index (κ1) is 11.3. The first-order valence-electron chi connectivity index (χ1n) is 6.30. The van der Waals surface area contributed by atoms with Crippen LogP contribution in [0.15, 0.2) is 22.7 Å². The van der Waals surface area contributed by atoms with Crippen molar-refractivity contribution in [1.82, 2.24) is 14.9 Å². The highest BCUT2D eigenvalue weighted by Gasteiger charge is 2.55. The molecule has 1 saturated heterocycles. The molecule has 0 radical (unpaired) electrons. The Morgan fingerprint density at radius 2 is 2.32 bits per heavy atom. The van der Waals surface area contributed by atoms with E-state index in [2.05, 4.69) is 25.9 Å². The third kappa shape index (κ3) is 1.66. The molecule has 1 aromatic carbocycles. The molecular formula is C13H12BrN3O2. The minimum absolute atomic E-state index is 0.118. The van der Waals surface area contributed by atoms with Gasteiger partial charge in [0.15, 0.2) is 0 Å². The van der Waals surface area contributed by atoms with E-state index in [4.69, 9.17) is 0 Å². The Labute approximate surface area is 117 Å². The Kier molecular flexibility index (Phi) is 2.21. The number of hydrogen-bond acceptors (Lipinski definition) is 2. The maximum Gasteiger partial charge on any atom is 0.408 e. The lowest BCUT2D eigenvalue weighted by atomic mass is 10.1. The Hall–Kier alpha value is -1.56. The van der Waals surface area contributed by atoms with Crippen LogP contribution in [0.1, 0.15) is 24.7 Å². The van der Waals surface area contributed by atoms with E-state index in [0.717, 1.165) is 34.2 Å². The lowest BCUT2D eigenvalue weighted by Gasteiger charge is -2.22. The van der Waals surface area contributed by atoms with Crippen molar-refractivity contribution in [2.75, 3.05) is 0 Å². The topological polar surface area (TPSA) is 69.2 Å². The molecule has 4 rings (SSSR count). The van der Waals surface area contributed by atoms with E-state index in [1.54, 1.807) is 4.90 Å². The van der Waals surface area contributed by atoms with Crippen molar-refractivity contribution in [3.8, 4) is 0 Å². The van der Waals surface area contributed by atoms with Gasteiger partial charge in [0, 0.05) is 10.5 Å². The van der Waals surface area contributed by atoms with Gasteiger partial charge >= 0.3 is 6.09 Å². The fraction of sp³-hybridized carbons (Fsp3) is 0.385. The molecule has 2 aliphatic rings. The van der Waals surface area contributed by atoms with Crippen LogP contribution in [0.4, 0.5) is 4.79 Å². The second kappa shape index (κ2) is 3.72. The van der Waals surface area contributed by atoms with Gasteiger partial charge in [-0.3, -0.25) is 4.90 Å². The first-order valence-corrected chi connectivity index (χ1v) is 7.09. The summed E-state index contributed by atoms with van der Waals surface area (Å²) < 4.78 is 0.986. The quantitative estimate of drug-likeness (QED) is 0.847. The van der Waals surface area contributed by atoms with Crippen LogP contribution in [0.25, 0.3) is 11.0 Å². The number of amides is 1. The summed E-state index contributed by atoms with van der Waals surface area (Å²) in [7, 11) is 0. The smallest absolute Gasteiger partial charge is 0.408 e. The van der Waals surface area contributed by atoms with Crippen molar-refractivity contribution < 1.29 is 9.90 Å². The molecule has 2 fully saturated rings. The molecule has 0 bridgehead atoms. The molecule has 98 valence electrons. The van der Waals surface area contributed by atoms with Gasteiger partial charge in [-0.25, -0.2) is 9.78 Å². The molecule has 0 spiro atoms. The number of nitrogens with one attached hydrogen (secondary N) is 1. The molecule has 1 aliphatic carbocycles. The van der Waals surface area contributed by atoms with Crippen LogP contribution in [0.2, 0.25) is 0 Å². The minimum Gasteiger partial charge on any atom is -0.465 e. The van der Waals surface area contributed by atoms with Crippen LogP contribution >= 0.6 is 15.9 Å². The van der Waals surface area contributed by atoms with Gasteiger partial charge in [-0.05, 0) is 37.0 Å². The average Bonchev–Trinajstić information content (AvgIpc) is 2.86. The molecule has 2 heterocycles. The number of piperidine rings is 1. The monoisotopic (exact) mass is 321 g/mol. The summed E-state index contributed by atoms with van der Waals surface area (Å²) in [6, 6.07) is 5.93. The fourth-order valence-electron chi connectivity index (χ4n) is 3.14. The Morgan fingerprint density at radius 3 is 3.11 bits per heavy atom. The Morgan fingerprint density at radius 1 is 1.47 bits per heavy atom. The summed E-state index contributed by atoms with van der Waals surface area (Å²) in [4.78, 5) is 20.7. The summed E-state index contributed by atoms with van der Waals surface area (Å²) in [5, 5.41) is 9.34. The van der Waals surface area contributed by atoms with Crippen LogP contribution in [-0.4, -0.2) is 32.1 Å². The molecule has 1 amide bonds. The molecule has 5 nitrogen and oxygen atoms in total. The molecule has 19 heavy (non-hydrogen) atoms. The van der Waals surface area contributed by atoms with Gasteiger partial charge < -0.3 is 10.1 Å². The second-order valence-corrected chi connectivity index (χ2v) is 6.20. The zero-order valence-electron chi connectivity index (χ0n) is 10.0. The van der Waals surface area contributed by atoms with E-state index in [1.165, 1.54) is 0 Å². The highest BCUT2D eigenvalue weighted by Crippen LogP contribution is 2.53. The van der Waals surface area contributed by atoms with Gasteiger partial charge in [-0.2, -0.15) is 0 Å². The molecule has 2 aromatic rings. The number of aromatic nitrogens is 2. The van der Waals surface area contributed by atoms with Crippen LogP contribution in [0.3, 0.4) is 0 Å². The van der Waals surface area contributed by atoms with E-state index < -0.39 is 6.09 Å². The Bertz CT molecular complexity index is 684. The number of nitrogens with zero attached hydrogens (tertiary/aromatic N) is 2. The third-order valence-electron chi connectivity index (χ3n) is 4.10. The van der Waals surface area contributed by atoms with Crippen LogP contribution in [0, 0.1) is 5.92 Å². The molecule has 3 unspecified atom stereocenters. The SMILES string of the molecule is O=C(O)N1C(c2nc3ccc(Br)cc3[nH]2)CC2CC21. The molecule has 1 saturated carbocycles. The summed E-state index contributed by atoms with van der Waals surface area (Å²) in [5.41, 5.74) is 1.82. The molecule has 1 aromatic heterocycles. The zero-order valence-corrected chi connectivity index (χ0v) is 11.6. The molecule has 3 atom stereocenters. The van der Waals surface area contributed by atoms with Crippen molar-refractivity contribution >= 4 is 33.1 Å². The first-order chi connectivity index (χ1) is 9.13. The van der Waals surface area contributed by atoms with Gasteiger partial charge in [0.05, 0.1) is 17.1 Å². The van der Waals surface area contributed by atoms with Gasteiger partial charge in [-0.15, -0.1) is 0 Å². The normalized spacial score (nSPS) is 28.7. The van der Waals surface area contributed by atoms with E-state index in [1.807, 2.05) is 18.2 Å². The predicted octanol–water partition coefficient (Wildman–Crippen LogP) is 3.14. The largest absolute Gasteiger partial charge is 0.465 e. The number of H-pyrrole nitrogens is 1. The number of carboxylic acid groups (broad SMARTS) is 1. The molecule has 1 aliphatic heterocycles.